The summed E-state index contributed by atoms with van der Waals surface area (Å²) in [4.78, 5) is 24.5. The second kappa shape index (κ2) is 12.5. The lowest BCUT2D eigenvalue weighted by Gasteiger charge is -2.05. The molecule has 0 saturated heterocycles. The van der Waals surface area contributed by atoms with Crippen molar-refractivity contribution in [1.29, 1.82) is 0 Å². The molecule has 0 heterocycles. The fraction of sp³-hybridized carbons (Fsp3) is 0.0833. The Bertz CT molecular complexity index is 1150. The number of hydrogen-bond acceptors (Lipinski definition) is 6. The van der Waals surface area contributed by atoms with Crippen LogP contribution in [0.2, 0.25) is 0 Å². The van der Waals surface area contributed by atoms with E-state index in [9.17, 15) is 9.59 Å². The van der Waals surface area contributed by atoms with E-state index in [0.29, 0.717) is 22.6 Å². The summed E-state index contributed by atoms with van der Waals surface area (Å²) in [6.45, 7) is 0. The number of ether oxygens (including phenoxy) is 2. The van der Waals surface area contributed by atoms with Crippen molar-refractivity contribution in [2.75, 3.05) is 14.2 Å². The highest BCUT2D eigenvalue weighted by Gasteiger charge is 2.09. The predicted octanol–water partition coefficient (Wildman–Crippen LogP) is 4.44. The summed E-state index contributed by atoms with van der Waals surface area (Å²) in [6.07, 6.45) is 3.08. The van der Waals surface area contributed by atoms with Crippen LogP contribution in [-0.4, -0.2) is 38.5 Å². The first kappa shape index (κ1) is 25.6. The third kappa shape index (κ3) is 7.00. The molecular formula is C24H20I2N4O4. The molecule has 3 aromatic rings. The summed E-state index contributed by atoms with van der Waals surface area (Å²) in [7, 11) is 3.16. The molecule has 10 heteroatoms. The van der Waals surface area contributed by atoms with Crippen molar-refractivity contribution >= 4 is 69.4 Å². The summed E-state index contributed by atoms with van der Waals surface area (Å²) in [5, 5.41) is 8.00. The van der Waals surface area contributed by atoms with E-state index in [2.05, 4.69) is 66.2 Å². The summed E-state index contributed by atoms with van der Waals surface area (Å²) >= 11 is 4.21. The van der Waals surface area contributed by atoms with Crippen molar-refractivity contribution in [3.8, 4) is 11.5 Å². The molecule has 0 unspecified atom stereocenters. The molecule has 0 aliphatic heterocycles. The van der Waals surface area contributed by atoms with Gasteiger partial charge in [-0.3, -0.25) is 9.59 Å². The quantitative estimate of drug-likeness (QED) is 0.209. The molecule has 3 aromatic carbocycles. The molecule has 2 amide bonds. The van der Waals surface area contributed by atoms with Gasteiger partial charge >= 0.3 is 0 Å². The summed E-state index contributed by atoms with van der Waals surface area (Å²) in [6, 6.07) is 17.6. The van der Waals surface area contributed by atoms with Gasteiger partial charge in [-0.05, 0) is 92.7 Å². The van der Waals surface area contributed by atoms with E-state index in [1.165, 1.54) is 0 Å². The lowest BCUT2D eigenvalue weighted by atomic mass is 10.2. The minimum absolute atomic E-state index is 0.317. The Morgan fingerprint density at radius 3 is 1.41 bits per heavy atom. The lowest BCUT2D eigenvalue weighted by Crippen LogP contribution is -2.18. The number of carbonyl (C=O) groups excluding carboxylic acids is 2. The van der Waals surface area contributed by atoms with Gasteiger partial charge in [-0.15, -0.1) is 0 Å². The van der Waals surface area contributed by atoms with Crippen LogP contribution in [0.5, 0.6) is 11.5 Å². The molecular weight excluding hydrogens is 662 g/mol. The number of halogens is 2. The number of hydrogen-bond donors (Lipinski definition) is 2. The molecule has 8 nitrogen and oxygen atoms in total. The average Bonchev–Trinajstić information content (AvgIpc) is 2.84. The fourth-order valence-electron chi connectivity index (χ4n) is 2.74. The number of amides is 2. The van der Waals surface area contributed by atoms with Gasteiger partial charge in [0.1, 0.15) is 11.5 Å². The summed E-state index contributed by atoms with van der Waals surface area (Å²) in [5.74, 6) is 0.782. The maximum absolute atomic E-state index is 12.2. The number of methoxy groups -OCH3 is 2. The topological polar surface area (TPSA) is 101 Å². The van der Waals surface area contributed by atoms with Gasteiger partial charge < -0.3 is 9.47 Å². The SMILES string of the molecule is COc1ccc(C(=O)N/N=C/c2ccc(/C=N/NC(=O)c3ccc(OC)c(I)c3)cc2)cc1I. The summed E-state index contributed by atoms with van der Waals surface area (Å²) < 4.78 is 12.1. The second-order valence-corrected chi connectivity index (χ2v) is 9.09. The van der Waals surface area contributed by atoms with Crippen LogP contribution in [0.25, 0.3) is 0 Å². The van der Waals surface area contributed by atoms with Crippen molar-refractivity contribution in [1.82, 2.24) is 10.9 Å². The van der Waals surface area contributed by atoms with Crippen LogP contribution in [0.1, 0.15) is 31.8 Å². The number of hydrazone groups is 2. The fourth-order valence-corrected chi connectivity index (χ4v) is 4.21. The minimum Gasteiger partial charge on any atom is -0.496 e. The normalized spacial score (nSPS) is 10.9. The second-order valence-electron chi connectivity index (χ2n) is 6.76. The third-order valence-electron chi connectivity index (χ3n) is 4.52. The van der Waals surface area contributed by atoms with Gasteiger partial charge in [-0.25, -0.2) is 10.9 Å². The zero-order valence-corrected chi connectivity index (χ0v) is 22.5. The monoisotopic (exact) mass is 682 g/mol. The largest absolute Gasteiger partial charge is 0.496 e. The van der Waals surface area contributed by atoms with Crippen molar-refractivity contribution < 1.29 is 19.1 Å². The van der Waals surface area contributed by atoms with Gasteiger partial charge in [0, 0.05) is 11.1 Å². The number of nitrogens with one attached hydrogen (secondary N) is 2. The number of benzene rings is 3. The first-order valence-electron chi connectivity index (χ1n) is 9.85. The molecule has 0 aliphatic rings. The van der Waals surface area contributed by atoms with E-state index in [1.54, 1.807) is 63.0 Å². The molecule has 0 fully saturated rings. The standard InChI is InChI=1S/C24H20I2N4O4/c1-33-21-9-7-17(11-19(21)25)23(31)29-27-13-15-3-5-16(6-4-15)14-28-30-24(32)18-8-10-22(34-2)20(26)12-18/h3-14H,1-2H3,(H,29,31)(H,30,32)/b27-13+,28-14+. The highest BCUT2D eigenvalue weighted by Crippen LogP contribution is 2.22. The van der Waals surface area contributed by atoms with Crippen LogP contribution in [0.15, 0.2) is 70.9 Å². The Balaban J connectivity index is 1.52. The molecule has 3 rings (SSSR count). The number of rotatable bonds is 8. The van der Waals surface area contributed by atoms with Crippen LogP contribution in [-0.2, 0) is 0 Å². The van der Waals surface area contributed by atoms with Crippen LogP contribution in [0.4, 0.5) is 0 Å². The van der Waals surface area contributed by atoms with E-state index in [-0.39, 0.29) is 11.8 Å². The van der Waals surface area contributed by atoms with E-state index in [0.717, 1.165) is 18.3 Å². The van der Waals surface area contributed by atoms with Gasteiger partial charge in [0.15, 0.2) is 0 Å². The molecule has 2 N–H and O–H groups in total. The van der Waals surface area contributed by atoms with E-state index < -0.39 is 0 Å². The van der Waals surface area contributed by atoms with Crippen molar-refractivity contribution in [3.05, 3.63) is 90.1 Å². The number of nitrogens with zero attached hydrogens (tertiary/aromatic N) is 2. The highest BCUT2D eigenvalue weighted by molar-refractivity contribution is 14.1. The average molecular weight is 682 g/mol. The van der Waals surface area contributed by atoms with Crippen LogP contribution >= 0.6 is 45.2 Å². The maximum Gasteiger partial charge on any atom is 0.271 e. The van der Waals surface area contributed by atoms with Gasteiger partial charge in [-0.2, -0.15) is 10.2 Å². The molecule has 0 aromatic heterocycles. The zero-order chi connectivity index (χ0) is 24.5. The molecule has 34 heavy (non-hydrogen) atoms. The molecule has 0 radical (unpaired) electrons. The van der Waals surface area contributed by atoms with Gasteiger partial charge in [0.05, 0.1) is 33.8 Å². The first-order chi connectivity index (χ1) is 16.4. The molecule has 174 valence electrons. The Kier molecular flexibility index (Phi) is 9.39. The Morgan fingerprint density at radius 1 is 0.706 bits per heavy atom. The molecule has 0 bridgehead atoms. The third-order valence-corrected chi connectivity index (χ3v) is 6.21. The van der Waals surface area contributed by atoms with Gasteiger partial charge in [0.25, 0.3) is 11.8 Å². The smallest absolute Gasteiger partial charge is 0.271 e. The predicted molar refractivity (Wildman–Crippen MR) is 148 cm³/mol. The van der Waals surface area contributed by atoms with Crippen molar-refractivity contribution in [3.63, 3.8) is 0 Å². The lowest BCUT2D eigenvalue weighted by molar-refractivity contribution is 0.0947. The molecule has 0 spiro atoms. The zero-order valence-electron chi connectivity index (χ0n) is 18.2. The molecule has 0 aliphatic carbocycles. The van der Waals surface area contributed by atoms with Crippen molar-refractivity contribution in [2.24, 2.45) is 10.2 Å². The summed E-state index contributed by atoms with van der Waals surface area (Å²) in [5.41, 5.74) is 7.56. The van der Waals surface area contributed by atoms with Crippen LogP contribution in [0, 0.1) is 7.14 Å². The minimum atomic E-state index is -0.317. The van der Waals surface area contributed by atoms with Crippen LogP contribution in [0.3, 0.4) is 0 Å². The Labute approximate surface area is 224 Å². The van der Waals surface area contributed by atoms with E-state index in [1.807, 2.05) is 24.3 Å². The first-order valence-corrected chi connectivity index (χ1v) is 12.0. The van der Waals surface area contributed by atoms with E-state index >= 15 is 0 Å². The molecule has 0 atom stereocenters. The Hall–Kier alpha value is -3.00. The highest BCUT2D eigenvalue weighted by atomic mass is 127. The maximum atomic E-state index is 12.2. The molecule has 0 saturated carbocycles. The van der Waals surface area contributed by atoms with Gasteiger partial charge in [0.2, 0.25) is 0 Å². The van der Waals surface area contributed by atoms with Gasteiger partial charge in [-0.1, -0.05) is 24.3 Å². The number of carbonyl (C=O) groups is 2. The van der Waals surface area contributed by atoms with E-state index in [4.69, 9.17) is 9.47 Å². The Morgan fingerprint density at radius 2 is 1.09 bits per heavy atom. The van der Waals surface area contributed by atoms with Crippen molar-refractivity contribution in [2.45, 2.75) is 0 Å². The van der Waals surface area contributed by atoms with Crippen LogP contribution < -0.4 is 20.3 Å².